The van der Waals surface area contributed by atoms with E-state index in [0.717, 1.165) is 0 Å². The SMILES string of the molecule is CCNC(=O)Oc1ccccc1C(=O)c1ccccc1[C]=O. The summed E-state index contributed by atoms with van der Waals surface area (Å²) in [6, 6.07) is 12.7. The minimum atomic E-state index is -0.641. The van der Waals surface area contributed by atoms with Crippen LogP contribution < -0.4 is 10.1 Å². The summed E-state index contributed by atoms with van der Waals surface area (Å²) in [5.41, 5.74) is 0.584. The number of nitrogens with one attached hydrogen (secondary N) is 1. The minimum Gasteiger partial charge on any atom is -0.410 e. The minimum absolute atomic E-state index is 0.138. The van der Waals surface area contributed by atoms with Gasteiger partial charge < -0.3 is 10.1 Å². The molecule has 0 aromatic heterocycles. The highest BCUT2D eigenvalue weighted by atomic mass is 16.6. The van der Waals surface area contributed by atoms with E-state index in [9.17, 15) is 14.4 Å². The monoisotopic (exact) mass is 296 g/mol. The van der Waals surface area contributed by atoms with E-state index in [-0.39, 0.29) is 22.4 Å². The molecule has 0 atom stereocenters. The molecule has 0 spiro atoms. The summed E-state index contributed by atoms with van der Waals surface area (Å²) in [6.07, 6.45) is 1.10. The van der Waals surface area contributed by atoms with Gasteiger partial charge in [0.05, 0.1) is 5.56 Å². The largest absolute Gasteiger partial charge is 0.412 e. The highest BCUT2D eigenvalue weighted by molar-refractivity contribution is 6.14. The average Bonchev–Trinajstić information content (AvgIpc) is 2.55. The molecule has 0 aliphatic rings. The Morgan fingerprint density at radius 2 is 1.68 bits per heavy atom. The Kier molecular flexibility index (Phi) is 5.03. The fourth-order valence-electron chi connectivity index (χ4n) is 1.94. The van der Waals surface area contributed by atoms with Crippen molar-refractivity contribution in [2.24, 2.45) is 0 Å². The van der Waals surface area contributed by atoms with Gasteiger partial charge in [0.25, 0.3) is 0 Å². The van der Waals surface area contributed by atoms with Crippen LogP contribution in [0.15, 0.2) is 48.5 Å². The van der Waals surface area contributed by atoms with E-state index in [4.69, 9.17) is 4.74 Å². The van der Waals surface area contributed by atoms with Crippen molar-refractivity contribution < 1.29 is 19.1 Å². The van der Waals surface area contributed by atoms with Crippen LogP contribution in [0.1, 0.15) is 28.4 Å². The third kappa shape index (κ3) is 3.38. The highest BCUT2D eigenvalue weighted by Crippen LogP contribution is 2.23. The zero-order chi connectivity index (χ0) is 15.9. The molecule has 5 nitrogen and oxygen atoms in total. The molecule has 0 aliphatic carbocycles. The number of ether oxygens (including phenoxy) is 1. The van der Waals surface area contributed by atoms with E-state index in [1.807, 2.05) is 0 Å². The Morgan fingerprint density at radius 1 is 1.05 bits per heavy atom. The number of carbonyl (C=O) groups is 2. The maximum atomic E-state index is 12.6. The lowest BCUT2D eigenvalue weighted by Crippen LogP contribution is -2.27. The highest BCUT2D eigenvalue weighted by Gasteiger charge is 2.18. The smallest absolute Gasteiger partial charge is 0.410 e. The molecule has 1 amide bonds. The molecule has 5 heteroatoms. The molecule has 2 aromatic carbocycles. The Morgan fingerprint density at radius 3 is 2.36 bits per heavy atom. The van der Waals surface area contributed by atoms with Crippen molar-refractivity contribution in [1.29, 1.82) is 0 Å². The predicted molar refractivity (Wildman–Crippen MR) is 80.8 cm³/mol. The Balaban J connectivity index is 2.38. The van der Waals surface area contributed by atoms with Crippen molar-refractivity contribution >= 4 is 18.2 Å². The first kappa shape index (κ1) is 15.4. The van der Waals surface area contributed by atoms with Crippen LogP contribution in [0.4, 0.5) is 4.79 Å². The van der Waals surface area contributed by atoms with Crippen molar-refractivity contribution in [2.75, 3.05) is 6.54 Å². The van der Waals surface area contributed by atoms with E-state index >= 15 is 0 Å². The zero-order valence-electron chi connectivity index (χ0n) is 12.0. The van der Waals surface area contributed by atoms with Crippen LogP contribution in [0.2, 0.25) is 0 Å². The van der Waals surface area contributed by atoms with Crippen LogP contribution in [0.3, 0.4) is 0 Å². The summed E-state index contributed by atoms with van der Waals surface area (Å²) in [5.74, 6) is -0.266. The fraction of sp³-hybridized carbons (Fsp3) is 0.118. The standard InChI is InChI=1S/C17H14NO4/c1-2-18-17(21)22-15-10-6-5-9-14(15)16(20)13-8-4-3-7-12(13)11-19/h3-10H,2H2,1H3,(H,18,21). The molecular weight excluding hydrogens is 282 g/mol. The molecule has 0 heterocycles. The summed E-state index contributed by atoms with van der Waals surface area (Å²) >= 11 is 0. The Labute approximate surface area is 127 Å². The van der Waals surface area contributed by atoms with Crippen molar-refractivity contribution in [2.45, 2.75) is 6.92 Å². The van der Waals surface area contributed by atoms with E-state index < -0.39 is 11.9 Å². The van der Waals surface area contributed by atoms with Gasteiger partial charge in [0, 0.05) is 17.7 Å². The van der Waals surface area contributed by atoms with Crippen LogP contribution in [0, 0.1) is 0 Å². The van der Waals surface area contributed by atoms with Crippen molar-refractivity contribution in [1.82, 2.24) is 5.32 Å². The lowest BCUT2D eigenvalue weighted by Gasteiger charge is -2.10. The van der Waals surface area contributed by atoms with Crippen molar-refractivity contribution in [3.05, 3.63) is 65.2 Å². The number of amides is 1. The molecule has 0 bridgehead atoms. The molecule has 111 valence electrons. The first-order chi connectivity index (χ1) is 10.7. The Hall–Kier alpha value is -2.95. The second kappa shape index (κ2) is 7.17. The topological polar surface area (TPSA) is 72.5 Å². The average molecular weight is 296 g/mol. The number of benzene rings is 2. The summed E-state index contributed by atoms with van der Waals surface area (Å²) in [4.78, 5) is 35.1. The summed E-state index contributed by atoms with van der Waals surface area (Å²) in [7, 11) is 0. The van der Waals surface area contributed by atoms with Gasteiger partial charge in [-0.05, 0) is 19.1 Å². The molecule has 1 radical (unpaired) electrons. The number of ketones is 1. The van der Waals surface area contributed by atoms with Gasteiger partial charge in [0.1, 0.15) is 5.75 Å². The number of carbonyl (C=O) groups excluding carboxylic acids is 3. The van der Waals surface area contributed by atoms with E-state index in [2.05, 4.69) is 5.32 Å². The lowest BCUT2D eigenvalue weighted by atomic mass is 9.98. The van der Waals surface area contributed by atoms with Crippen molar-refractivity contribution in [3.8, 4) is 5.75 Å². The van der Waals surface area contributed by atoms with Crippen LogP contribution >= 0.6 is 0 Å². The molecule has 0 aliphatic heterocycles. The summed E-state index contributed by atoms with van der Waals surface area (Å²) < 4.78 is 5.13. The van der Waals surface area contributed by atoms with Gasteiger partial charge in [0.15, 0.2) is 5.78 Å². The van der Waals surface area contributed by atoms with E-state index in [1.165, 1.54) is 18.2 Å². The molecule has 0 saturated heterocycles. The lowest BCUT2D eigenvalue weighted by molar-refractivity contribution is 0.103. The molecule has 22 heavy (non-hydrogen) atoms. The van der Waals surface area contributed by atoms with Crippen LogP contribution in [0.25, 0.3) is 0 Å². The quantitative estimate of drug-likeness (QED) is 0.860. The molecular formula is C17H14NO4. The maximum Gasteiger partial charge on any atom is 0.412 e. The van der Waals surface area contributed by atoms with Gasteiger partial charge in [-0.3, -0.25) is 9.59 Å². The number of rotatable bonds is 5. The van der Waals surface area contributed by atoms with Gasteiger partial charge in [-0.25, -0.2) is 4.79 Å². The number of hydrogen-bond donors (Lipinski definition) is 1. The predicted octanol–water partition coefficient (Wildman–Crippen LogP) is 2.48. The second-order valence-electron chi connectivity index (χ2n) is 4.39. The summed E-state index contributed by atoms with van der Waals surface area (Å²) in [5, 5.41) is 2.49. The molecule has 0 unspecified atom stereocenters. The first-order valence-electron chi connectivity index (χ1n) is 6.74. The fourth-order valence-corrected chi connectivity index (χ4v) is 1.94. The van der Waals surface area contributed by atoms with Gasteiger partial charge in [-0.1, -0.05) is 36.4 Å². The van der Waals surface area contributed by atoms with Crippen LogP contribution in [-0.4, -0.2) is 24.7 Å². The van der Waals surface area contributed by atoms with Crippen molar-refractivity contribution in [3.63, 3.8) is 0 Å². The summed E-state index contributed by atoms with van der Waals surface area (Å²) in [6.45, 7) is 2.17. The van der Waals surface area contributed by atoms with Gasteiger partial charge in [-0.15, -0.1) is 0 Å². The van der Waals surface area contributed by atoms with E-state index in [1.54, 1.807) is 43.5 Å². The van der Waals surface area contributed by atoms with E-state index in [0.29, 0.717) is 6.54 Å². The first-order valence-corrected chi connectivity index (χ1v) is 6.74. The third-order valence-electron chi connectivity index (χ3n) is 2.94. The second-order valence-corrected chi connectivity index (χ2v) is 4.39. The Bertz CT molecular complexity index is 709. The normalized spacial score (nSPS) is 9.86. The van der Waals surface area contributed by atoms with Gasteiger partial charge in [0.2, 0.25) is 6.29 Å². The maximum absolute atomic E-state index is 12.6. The van der Waals surface area contributed by atoms with Crippen LogP contribution in [0.5, 0.6) is 5.75 Å². The molecule has 1 N–H and O–H groups in total. The van der Waals surface area contributed by atoms with Gasteiger partial charge >= 0.3 is 6.09 Å². The number of hydrogen-bond acceptors (Lipinski definition) is 4. The number of para-hydroxylation sites is 1. The van der Waals surface area contributed by atoms with Gasteiger partial charge in [-0.2, -0.15) is 0 Å². The van der Waals surface area contributed by atoms with Crippen LogP contribution in [-0.2, 0) is 4.79 Å². The molecule has 0 saturated carbocycles. The molecule has 0 fully saturated rings. The molecule has 2 aromatic rings. The third-order valence-corrected chi connectivity index (χ3v) is 2.94. The zero-order valence-corrected chi connectivity index (χ0v) is 12.0. The molecule has 2 rings (SSSR count).